The molecular weight excluding hydrogens is 208 g/mol. The molecule has 0 radical (unpaired) electrons. The minimum absolute atomic E-state index is 0.344. The highest BCUT2D eigenvalue weighted by molar-refractivity contribution is 4.98. The summed E-state index contributed by atoms with van der Waals surface area (Å²) in [6.45, 7) is 6.78. The van der Waals surface area contributed by atoms with E-state index in [2.05, 4.69) is 18.7 Å². The number of likely N-dealkylation sites (N-methyl/N-ethyl adjacent to an activating group) is 1. The lowest BCUT2D eigenvalue weighted by Crippen LogP contribution is -2.58. The van der Waals surface area contributed by atoms with Gasteiger partial charge in [-0.2, -0.15) is 0 Å². The van der Waals surface area contributed by atoms with Crippen LogP contribution >= 0.6 is 0 Å². The van der Waals surface area contributed by atoms with E-state index in [9.17, 15) is 0 Å². The Labute approximate surface area is 107 Å². The van der Waals surface area contributed by atoms with Gasteiger partial charge in [-0.05, 0) is 51.0 Å². The topological polar surface area (TPSA) is 29.3 Å². The summed E-state index contributed by atoms with van der Waals surface area (Å²) in [6, 6.07) is 0.831. The fourth-order valence-corrected chi connectivity index (χ4v) is 4.10. The second kappa shape index (κ2) is 5.71. The van der Waals surface area contributed by atoms with Gasteiger partial charge in [-0.25, -0.2) is 0 Å². The molecule has 2 nitrogen and oxygen atoms in total. The van der Waals surface area contributed by atoms with Crippen LogP contribution in [0, 0.1) is 5.92 Å². The monoisotopic (exact) mass is 238 g/mol. The maximum absolute atomic E-state index is 6.19. The molecule has 0 atom stereocenters. The maximum Gasteiger partial charge on any atom is 0.0334 e. The van der Waals surface area contributed by atoms with Crippen molar-refractivity contribution in [2.24, 2.45) is 11.7 Å². The summed E-state index contributed by atoms with van der Waals surface area (Å²) in [6.07, 6.45) is 11.1. The molecule has 2 aliphatic carbocycles. The molecule has 2 aliphatic rings. The van der Waals surface area contributed by atoms with Gasteiger partial charge < -0.3 is 5.73 Å². The van der Waals surface area contributed by atoms with Gasteiger partial charge in [0.1, 0.15) is 0 Å². The first-order valence-electron chi connectivity index (χ1n) is 7.68. The van der Waals surface area contributed by atoms with Crippen molar-refractivity contribution >= 4 is 0 Å². The fraction of sp³-hybridized carbons (Fsp3) is 1.00. The van der Waals surface area contributed by atoms with Crippen molar-refractivity contribution in [3.05, 3.63) is 0 Å². The number of hydrogen-bond donors (Lipinski definition) is 1. The molecule has 0 saturated heterocycles. The van der Waals surface area contributed by atoms with E-state index in [0.29, 0.717) is 5.54 Å². The lowest BCUT2D eigenvalue weighted by Gasteiger charge is -2.49. The van der Waals surface area contributed by atoms with E-state index in [1.165, 1.54) is 57.9 Å². The summed E-state index contributed by atoms with van der Waals surface area (Å²) in [5.41, 5.74) is 6.53. The summed E-state index contributed by atoms with van der Waals surface area (Å²) in [7, 11) is 0. The first-order chi connectivity index (χ1) is 8.22. The van der Waals surface area contributed by atoms with E-state index in [1.54, 1.807) is 0 Å². The summed E-state index contributed by atoms with van der Waals surface area (Å²) in [4.78, 5) is 2.78. The average Bonchev–Trinajstić information content (AvgIpc) is 2.86. The quantitative estimate of drug-likeness (QED) is 0.815. The zero-order chi connectivity index (χ0) is 12.3. The predicted molar refractivity (Wildman–Crippen MR) is 74.1 cm³/mol. The molecule has 0 aliphatic heterocycles. The third-order valence-electron chi connectivity index (χ3n) is 5.30. The summed E-state index contributed by atoms with van der Waals surface area (Å²) < 4.78 is 0. The van der Waals surface area contributed by atoms with Crippen LogP contribution in [-0.4, -0.2) is 29.6 Å². The second-order valence-corrected chi connectivity index (χ2v) is 6.34. The highest BCUT2D eigenvalue weighted by atomic mass is 15.2. The Morgan fingerprint density at radius 2 is 1.71 bits per heavy atom. The molecular formula is C15H30N2. The number of rotatable bonds is 4. The Kier molecular flexibility index (Phi) is 4.48. The minimum atomic E-state index is 0.344. The Morgan fingerprint density at radius 1 is 1.12 bits per heavy atom. The standard InChI is InChI=1S/C15H30N2/c1-3-17(14-6-4-5-7-14)15(12-16)10-8-13(2)9-11-15/h13-14H,3-12,16H2,1-2H3. The molecule has 0 aromatic rings. The van der Waals surface area contributed by atoms with Crippen LogP contribution in [0.4, 0.5) is 0 Å². The average molecular weight is 238 g/mol. The van der Waals surface area contributed by atoms with Gasteiger partial charge in [0.25, 0.3) is 0 Å². The van der Waals surface area contributed by atoms with Gasteiger partial charge in [-0.15, -0.1) is 0 Å². The largest absolute Gasteiger partial charge is 0.329 e. The molecule has 2 rings (SSSR count). The van der Waals surface area contributed by atoms with Gasteiger partial charge in [0.05, 0.1) is 0 Å². The van der Waals surface area contributed by atoms with E-state index >= 15 is 0 Å². The first-order valence-corrected chi connectivity index (χ1v) is 7.68. The summed E-state index contributed by atoms with van der Waals surface area (Å²) >= 11 is 0. The fourth-order valence-electron chi connectivity index (χ4n) is 4.10. The molecule has 2 N–H and O–H groups in total. The molecule has 2 saturated carbocycles. The van der Waals surface area contributed by atoms with Crippen LogP contribution in [-0.2, 0) is 0 Å². The molecule has 2 fully saturated rings. The van der Waals surface area contributed by atoms with E-state index in [-0.39, 0.29) is 0 Å². The van der Waals surface area contributed by atoms with Crippen LogP contribution in [0.3, 0.4) is 0 Å². The van der Waals surface area contributed by atoms with E-state index in [0.717, 1.165) is 18.5 Å². The van der Waals surface area contributed by atoms with Crippen molar-refractivity contribution in [3.8, 4) is 0 Å². The predicted octanol–water partition coefficient (Wildman–Crippen LogP) is 3.16. The SMILES string of the molecule is CCN(C1CCCC1)C1(CN)CCC(C)CC1. The molecule has 0 aromatic carbocycles. The van der Waals surface area contributed by atoms with Gasteiger partial charge >= 0.3 is 0 Å². The molecule has 0 unspecified atom stereocenters. The molecule has 0 spiro atoms. The zero-order valence-electron chi connectivity index (χ0n) is 11.8. The van der Waals surface area contributed by atoms with E-state index in [1.807, 2.05) is 0 Å². The van der Waals surface area contributed by atoms with Gasteiger partial charge in [-0.1, -0.05) is 26.7 Å². The van der Waals surface area contributed by atoms with Crippen molar-refractivity contribution in [3.63, 3.8) is 0 Å². The van der Waals surface area contributed by atoms with Crippen molar-refractivity contribution in [2.45, 2.75) is 76.8 Å². The van der Waals surface area contributed by atoms with Crippen LogP contribution in [0.25, 0.3) is 0 Å². The highest BCUT2D eigenvalue weighted by Crippen LogP contribution is 2.39. The van der Waals surface area contributed by atoms with Crippen LogP contribution in [0.15, 0.2) is 0 Å². The van der Waals surface area contributed by atoms with Crippen LogP contribution in [0.2, 0.25) is 0 Å². The molecule has 100 valence electrons. The van der Waals surface area contributed by atoms with Gasteiger partial charge in [0, 0.05) is 18.1 Å². The molecule has 0 aromatic heterocycles. The zero-order valence-corrected chi connectivity index (χ0v) is 11.8. The normalized spacial score (nSPS) is 35.6. The molecule has 2 heteroatoms. The third kappa shape index (κ3) is 2.68. The lowest BCUT2D eigenvalue weighted by molar-refractivity contribution is 0.0151. The maximum atomic E-state index is 6.19. The molecule has 0 amide bonds. The number of nitrogens with zero attached hydrogens (tertiary/aromatic N) is 1. The van der Waals surface area contributed by atoms with Gasteiger partial charge in [0.15, 0.2) is 0 Å². The summed E-state index contributed by atoms with van der Waals surface area (Å²) in [5.74, 6) is 0.914. The third-order valence-corrected chi connectivity index (χ3v) is 5.30. The minimum Gasteiger partial charge on any atom is -0.329 e. The van der Waals surface area contributed by atoms with Crippen molar-refractivity contribution in [1.82, 2.24) is 4.90 Å². The lowest BCUT2D eigenvalue weighted by atomic mass is 9.75. The van der Waals surface area contributed by atoms with Crippen molar-refractivity contribution < 1.29 is 0 Å². The molecule has 0 heterocycles. The first kappa shape index (κ1) is 13.4. The van der Waals surface area contributed by atoms with Crippen molar-refractivity contribution in [2.75, 3.05) is 13.1 Å². The van der Waals surface area contributed by atoms with Crippen LogP contribution in [0.5, 0.6) is 0 Å². The highest BCUT2D eigenvalue weighted by Gasteiger charge is 2.41. The summed E-state index contributed by atoms with van der Waals surface area (Å²) in [5, 5.41) is 0. The Morgan fingerprint density at radius 3 is 2.18 bits per heavy atom. The number of nitrogens with two attached hydrogens (primary N) is 1. The second-order valence-electron chi connectivity index (χ2n) is 6.34. The Balaban J connectivity index is 2.08. The smallest absolute Gasteiger partial charge is 0.0334 e. The van der Waals surface area contributed by atoms with E-state index in [4.69, 9.17) is 5.73 Å². The van der Waals surface area contributed by atoms with Crippen LogP contribution < -0.4 is 5.73 Å². The van der Waals surface area contributed by atoms with E-state index < -0.39 is 0 Å². The Bertz CT molecular complexity index is 225. The molecule has 0 bridgehead atoms. The van der Waals surface area contributed by atoms with Gasteiger partial charge in [-0.3, -0.25) is 4.90 Å². The van der Waals surface area contributed by atoms with Gasteiger partial charge in [0.2, 0.25) is 0 Å². The number of hydrogen-bond acceptors (Lipinski definition) is 2. The molecule has 17 heavy (non-hydrogen) atoms. The van der Waals surface area contributed by atoms with Crippen LogP contribution in [0.1, 0.15) is 65.2 Å². The van der Waals surface area contributed by atoms with Crippen molar-refractivity contribution in [1.29, 1.82) is 0 Å². The Hall–Kier alpha value is -0.0800.